The van der Waals surface area contributed by atoms with Gasteiger partial charge in [-0.15, -0.1) is 0 Å². The molecule has 4 rings (SSSR count). The second kappa shape index (κ2) is 9.34. The van der Waals surface area contributed by atoms with Gasteiger partial charge in [-0.05, 0) is 62.7 Å². The molecule has 2 aromatic carbocycles. The number of anilines is 1. The van der Waals surface area contributed by atoms with E-state index in [0.29, 0.717) is 22.2 Å². The first-order valence-electron chi connectivity index (χ1n) is 10.5. The van der Waals surface area contributed by atoms with E-state index in [2.05, 4.69) is 15.5 Å². The van der Waals surface area contributed by atoms with E-state index in [1.807, 2.05) is 19.9 Å². The topological polar surface area (TPSA) is 114 Å². The summed E-state index contributed by atoms with van der Waals surface area (Å²) >= 11 is 5.97. The van der Waals surface area contributed by atoms with Crippen LogP contribution in [0.4, 0.5) is 14.5 Å². The monoisotopic (exact) mass is 498 g/mol. The van der Waals surface area contributed by atoms with E-state index in [4.69, 9.17) is 27.0 Å². The van der Waals surface area contributed by atoms with E-state index in [9.17, 15) is 13.6 Å². The van der Waals surface area contributed by atoms with Crippen LogP contribution < -0.4 is 16.5 Å². The minimum Gasteiger partial charge on any atom is -0.455 e. The third-order valence-corrected chi connectivity index (χ3v) is 5.83. The Bertz CT molecular complexity index is 1550. The Morgan fingerprint density at radius 1 is 1.17 bits per heavy atom. The van der Waals surface area contributed by atoms with Crippen molar-refractivity contribution in [2.75, 3.05) is 5.32 Å². The van der Waals surface area contributed by atoms with Crippen LogP contribution in [0, 0.1) is 25.5 Å². The number of nitrogens with two attached hydrogens (primary N) is 1. The average molecular weight is 499 g/mol. The van der Waals surface area contributed by atoms with E-state index < -0.39 is 17.7 Å². The minimum atomic E-state index is -1.05. The number of hydrogen-bond acceptors (Lipinski definition) is 6. The summed E-state index contributed by atoms with van der Waals surface area (Å²) in [6, 6.07) is 9.61. The highest BCUT2D eigenvalue weighted by molar-refractivity contribution is 6.29. The molecule has 1 unspecified atom stereocenters. The summed E-state index contributed by atoms with van der Waals surface area (Å²) in [7, 11) is 0. The molecular weight excluding hydrogens is 478 g/mol. The van der Waals surface area contributed by atoms with Gasteiger partial charge in [-0.3, -0.25) is 4.79 Å². The Hall–Kier alpha value is -3.98. The average Bonchev–Trinajstić information content (AvgIpc) is 2.83. The molecule has 0 radical (unpaired) electrons. The summed E-state index contributed by atoms with van der Waals surface area (Å²) in [6.07, 6.45) is 0. The zero-order valence-electron chi connectivity index (χ0n) is 19.0. The molecule has 0 saturated heterocycles. The van der Waals surface area contributed by atoms with E-state index in [0.717, 1.165) is 17.7 Å². The number of aromatic nitrogens is 1. The molecule has 0 aliphatic carbocycles. The van der Waals surface area contributed by atoms with Crippen LogP contribution in [-0.2, 0) is 0 Å². The number of amidine groups is 1. The first kappa shape index (κ1) is 24.2. The highest BCUT2D eigenvalue weighted by Crippen LogP contribution is 2.33. The van der Waals surface area contributed by atoms with Crippen molar-refractivity contribution in [3.8, 4) is 11.3 Å². The van der Waals surface area contributed by atoms with Crippen molar-refractivity contribution in [1.29, 1.82) is 0 Å². The third kappa shape index (κ3) is 4.54. The van der Waals surface area contributed by atoms with Gasteiger partial charge in [-0.25, -0.2) is 13.8 Å². The van der Waals surface area contributed by atoms with Gasteiger partial charge in [-0.2, -0.15) is 0 Å². The van der Waals surface area contributed by atoms with Crippen molar-refractivity contribution < 1.29 is 18.4 Å². The molecule has 0 spiro atoms. The quantitative estimate of drug-likeness (QED) is 0.107. The van der Waals surface area contributed by atoms with Gasteiger partial charge in [0.1, 0.15) is 22.2 Å². The van der Waals surface area contributed by atoms with Crippen molar-refractivity contribution in [2.45, 2.75) is 26.8 Å². The molecule has 4 aromatic rings. The lowest BCUT2D eigenvalue weighted by molar-refractivity contribution is 0.318. The molecule has 0 aliphatic rings. The molecule has 0 aliphatic heterocycles. The molecule has 0 bridgehead atoms. The standard InChI is InChI=1S/C25H21ClF2N4O3/c1-11-8-15(13(3)30-19-6-7-20(26)31-21(19)25(29)32-34)24-16(9-11)22(33)12(2)23(35-24)14-4-5-17(27)18(28)10-14/h4-10,13,30,34H,1-3H3,(H2,29,32). The van der Waals surface area contributed by atoms with E-state index >= 15 is 0 Å². The van der Waals surface area contributed by atoms with Crippen molar-refractivity contribution in [3.63, 3.8) is 0 Å². The summed E-state index contributed by atoms with van der Waals surface area (Å²) in [5.74, 6) is -2.14. The highest BCUT2D eigenvalue weighted by Gasteiger charge is 2.21. The predicted molar refractivity (Wildman–Crippen MR) is 131 cm³/mol. The molecule has 1 atom stereocenters. The Labute approximate surface area is 203 Å². The maximum atomic E-state index is 13.9. The minimum absolute atomic E-state index is 0.142. The van der Waals surface area contributed by atoms with Crippen molar-refractivity contribution >= 4 is 34.1 Å². The fourth-order valence-corrected chi connectivity index (χ4v) is 4.05. The lowest BCUT2D eigenvalue weighted by Gasteiger charge is -2.20. The molecule has 0 amide bonds. The summed E-state index contributed by atoms with van der Waals surface area (Å²) in [6.45, 7) is 5.25. The number of rotatable bonds is 5. The normalized spacial score (nSPS) is 12.7. The van der Waals surface area contributed by atoms with Gasteiger partial charge in [0.25, 0.3) is 0 Å². The number of nitrogens with one attached hydrogen (secondary N) is 1. The number of fused-ring (bicyclic) bond motifs is 1. The zero-order chi connectivity index (χ0) is 25.4. The summed E-state index contributed by atoms with van der Waals surface area (Å²) in [5, 5.41) is 15.9. The Morgan fingerprint density at radius 2 is 1.91 bits per heavy atom. The first-order chi connectivity index (χ1) is 16.6. The largest absolute Gasteiger partial charge is 0.455 e. The SMILES string of the molecule is Cc1cc(C(C)Nc2ccc(Cl)nc2C(N)=NO)c2oc(-c3ccc(F)c(F)c3)c(C)c(=O)c2c1. The molecule has 2 aromatic heterocycles. The number of hydrogen-bond donors (Lipinski definition) is 3. The van der Waals surface area contributed by atoms with Crippen LogP contribution in [0.2, 0.25) is 5.15 Å². The zero-order valence-corrected chi connectivity index (χ0v) is 19.7. The van der Waals surface area contributed by atoms with Crippen molar-refractivity contribution in [2.24, 2.45) is 10.9 Å². The summed E-state index contributed by atoms with van der Waals surface area (Å²) < 4.78 is 33.6. The predicted octanol–water partition coefficient (Wildman–Crippen LogP) is 5.67. The molecule has 10 heteroatoms. The van der Waals surface area contributed by atoms with Gasteiger partial charge in [0.05, 0.1) is 17.1 Å². The molecule has 0 fully saturated rings. The van der Waals surface area contributed by atoms with E-state index in [-0.39, 0.29) is 39.0 Å². The van der Waals surface area contributed by atoms with Gasteiger partial charge < -0.3 is 20.7 Å². The lowest BCUT2D eigenvalue weighted by Crippen LogP contribution is -2.19. The van der Waals surface area contributed by atoms with Crippen LogP contribution >= 0.6 is 11.6 Å². The Balaban J connectivity index is 1.89. The maximum Gasteiger partial charge on any atom is 0.196 e. The Morgan fingerprint density at radius 3 is 2.60 bits per heavy atom. The van der Waals surface area contributed by atoms with Crippen molar-refractivity contribution in [1.82, 2.24) is 4.98 Å². The van der Waals surface area contributed by atoms with E-state index in [1.165, 1.54) is 6.07 Å². The number of benzene rings is 2. The van der Waals surface area contributed by atoms with Crippen LogP contribution in [0.5, 0.6) is 0 Å². The van der Waals surface area contributed by atoms with Gasteiger partial charge in [-0.1, -0.05) is 22.8 Å². The van der Waals surface area contributed by atoms with Crippen LogP contribution in [0.3, 0.4) is 0 Å². The van der Waals surface area contributed by atoms with Gasteiger partial charge in [0, 0.05) is 16.7 Å². The second-order valence-corrected chi connectivity index (χ2v) is 8.51. The molecule has 2 heterocycles. The molecule has 35 heavy (non-hydrogen) atoms. The van der Waals surface area contributed by atoms with Gasteiger partial charge in [0.15, 0.2) is 22.9 Å². The number of aryl methyl sites for hydroxylation is 1. The highest BCUT2D eigenvalue weighted by atomic mass is 35.5. The molecular formula is C25H21ClF2N4O3. The number of pyridine rings is 1. The second-order valence-electron chi connectivity index (χ2n) is 8.13. The molecule has 4 N–H and O–H groups in total. The summed E-state index contributed by atoms with van der Waals surface area (Å²) in [4.78, 5) is 17.4. The smallest absolute Gasteiger partial charge is 0.196 e. The fraction of sp³-hybridized carbons (Fsp3) is 0.160. The number of oxime groups is 1. The van der Waals surface area contributed by atoms with Gasteiger partial charge >= 0.3 is 0 Å². The lowest BCUT2D eigenvalue weighted by atomic mass is 9.98. The van der Waals surface area contributed by atoms with Crippen molar-refractivity contribution in [3.05, 3.63) is 91.9 Å². The van der Waals surface area contributed by atoms with Crippen LogP contribution in [0.25, 0.3) is 22.3 Å². The fourth-order valence-electron chi connectivity index (χ4n) is 3.91. The van der Waals surface area contributed by atoms with Crippen LogP contribution in [0.1, 0.15) is 35.3 Å². The molecule has 0 saturated carbocycles. The molecule has 180 valence electrons. The first-order valence-corrected chi connectivity index (χ1v) is 10.9. The van der Waals surface area contributed by atoms with E-state index in [1.54, 1.807) is 25.1 Å². The maximum absolute atomic E-state index is 13.9. The number of halogens is 3. The third-order valence-electron chi connectivity index (χ3n) is 5.62. The van der Waals surface area contributed by atoms with Gasteiger partial charge in [0.2, 0.25) is 0 Å². The summed E-state index contributed by atoms with van der Waals surface area (Å²) in [5.41, 5.74) is 8.30. The number of nitrogens with zero attached hydrogens (tertiary/aromatic N) is 2. The van der Waals surface area contributed by atoms with Crippen LogP contribution in [0.15, 0.2) is 56.8 Å². The Kier molecular flexibility index (Phi) is 6.45. The molecule has 7 nitrogen and oxygen atoms in total. The van der Waals surface area contributed by atoms with Crippen LogP contribution in [-0.4, -0.2) is 16.0 Å².